The third-order valence-electron chi connectivity index (χ3n) is 6.66. The van der Waals surface area contributed by atoms with Crippen LogP contribution >= 0.6 is 0 Å². The molecule has 2 aliphatic rings. The van der Waals surface area contributed by atoms with Gasteiger partial charge in [0.25, 0.3) is 5.91 Å². The maximum absolute atomic E-state index is 13.8. The smallest absolute Gasteiger partial charge is 0.378 e. The van der Waals surface area contributed by atoms with E-state index in [4.69, 9.17) is 4.74 Å². The number of morpholine rings is 1. The Morgan fingerprint density at radius 3 is 2.31 bits per heavy atom. The van der Waals surface area contributed by atoms with Crippen molar-refractivity contribution >= 4 is 40.4 Å². The van der Waals surface area contributed by atoms with Crippen molar-refractivity contribution in [3.8, 4) is 0 Å². The van der Waals surface area contributed by atoms with Crippen LogP contribution in [0.4, 0.5) is 46.4 Å². The molecule has 2 aliphatic heterocycles. The summed E-state index contributed by atoms with van der Waals surface area (Å²) < 4.78 is 46.7. The summed E-state index contributed by atoms with van der Waals surface area (Å²) >= 11 is 0. The van der Waals surface area contributed by atoms with Gasteiger partial charge in [-0.25, -0.2) is 4.79 Å². The second-order valence-electron chi connectivity index (χ2n) is 9.13. The number of urea groups is 1. The third-order valence-corrected chi connectivity index (χ3v) is 6.66. The van der Waals surface area contributed by atoms with E-state index in [1.807, 2.05) is 18.2 Å². The minimum Gasteiger partial charge on any atom is -0.378 e. The largest absolute Gasteiger partial charge is 0.418 e. The molecule has 3 aromatic rings. The molecule has 3 heterocycles. The van der Waals surface area contributed by atoms with E-state index in [9.17, 15) is 22.8 Å². The second-order valence-corrected chi connectivity index (χ2v) is 9.13. The number of hydrogen-bond acceptors (Lipinski definition) is 6. The normalized spacial score (nSPS) is 15.1. The van der Waals surface area contributed by atoms with Gasteiger partial charge in [0, 0.05) is 61.3 Å². The van der Waals surface area contributed by atoms with E-state index in [1.54, 1.807) is 30.3 Å². The van der Waals surface area contributed by atoms with Gasteiger partial charge in [-0.1, -0.05) is 0 Å². The maximum Gasteiger partial charge on any atom is 0.418 e. The number of alkyl halides is 3. The van der Waals surface area contributed by atoms with Crippen molar-refractivity contribution in [1.82, 2.24) is 10.3 Å². The lowest BCUT2D eigenvalue weighted by molar-refractivity contribution is -0.137. The summed E-state index contributed by atoms with van der Waals surface area (Å²) in [5, 5.41) is 7.77. The standard InChI is InChI=1S/C27H27F3N6O3/c1-31-25(37)22-16-20(6-8-32-22)36-9-7-17-14-18(2-4-23(17)36)33-26(38)34-19-3-5-24(21(15-19)27(28,29)30)35-10-12-39-13-11-35/h2-6,8,14-16H,7,9-13H2,1H3,(H,31,37)(H2,33,34,38). The van der Waals surface area contributed by atoms with E-state index in [-0.39, 0.29) is 17.3 Å². The van der Waals surface area contributed by atoms with E-state index in [0.29, 0.717) is 50.7 Å². The lowest BCUT2D eigenvalue weighted by Gasteiger charge is -2.31. The number of carbonyl (C=O) groups is 2. The number of nitrogens with zero attached hydrogens (tertiary/aromatic N) is 3. The Kier molecular flexibility index (Phi) is 7.29. The zero-order chi connectivity index (χ0) is 27.6. The molecule has 0 atom stereocenters. The van der Waals surface area contributed by atoms with Crippen molar-refractivity contribution in [2.75, 3.05) is 60.3 Å². The van der Waals surface area contributed by atoms with Crippen molar-refractivity contribution in [2.24, 2.45) is 0 Å². The molecule has 12 heteroatoms. The highest BCUT2D eigenvalue weighted by molar-refractivity contribution is 6.00. The fourth-order valence-corrected chi connectivity index (χ4v) is 4.80. The molecule has 39 heavy (non-hydrogen) atoms. The van der Waals surface area contributed by atoms with Gasteiger partial charge < -0.3 is 30.5 Å². The molecule has 1 saturated heterocycles. The van der Waals surface area contributed by atoms with Crippen LogP contribution in [0.2, 0.25) is 0 Å². The number of fused-ring (bicyclic) bond motifs is 1. The molecule has 0 saturated carbocycles. The quantitative estimate of drug-likeness (QED) is 0.437. The Morgan fingerprint density at radius 1 is 0.923 bits per heavy atom. The fraction of sp³-hybridized carbons (Fsp3) is 0.296. The van der Waals surface area contributed by atoms with Gasteiger partial charge in [0.1, 0.15) is 5.69 Å². The van der Waals surface area contributed by atoms with Gasteiger partial charge in [-0.15, -0.1) is 0 Å². The molecule has 3 N–H and O–H groups in total. The van der Waals surface area contributed by atoms with Gasteiger partial charge >= 0.3 is 12.2 Å². The van der Waals surface area contributed by atoms with Crippen LogP contribution < -0.4 is 25.8 Å². The molecular formula is C27H27F3N6O3. The zero-order valence-corrected chi connectivity index (χ0v) is 21.1. The predicted molar refractivity (Wildman–Crippen MR) is 142 cm³/mol. The van der Waals surface area contributed by atoms with Crippen LogP contribution in [0, 0.1) is 0 Å². The minimum atomic E-state index is -4.58. The van der Waals surface area contributed by atoms with Gasteiger partial charge in [-0.3, -0.25) is 9.78 Å². The Balaban J connectivity index is 1.28. The lowest BCUT2D eigenvalue weighted by Crippen LogP contribution is -2.37. The first-order valence-corrected chi connectivity index (χ1v) is 12.4. The number of pyridine rings is 1. The molecule has 1 fully saturated rings. The van der Waals surface area contributed by atoms with Gasteiger partial charge in [-0.2, -0.15) is 13.2 Å². The van der Waals surface area contributed by atoms with Crippen LogP contribution in [0.3, 0.4) is 0 Å². The van der Waals surface area contributed by atoms with Crippen molar-refractivity contribution in [3.05, 3.63) is 71.5 Å². The van der Waals surface area contributed by atoms with Gasteiger partial charge in [0.05, 0.1) is 18.8 Å². The number of carbonyl (C=O) groups excluding carboxylic acids is 2. The molecule has 0 aliphatic carbocycles. The minimum absolute atomic E-state index is 0.0359. The highest BCUT2D eigenvalue weighted by Gasteiger charge is 2.35. The number of rotatable bonds is 5. The zero-order valence-electron chi connectivity index (χ0n) is 21.1. The Bertz CT molecular complexity index is 1390. The average molecular weight is 541 g/mol. The molecule has 1 aromatic heterocycles. The number of nitrogens with one attached hydrogen (secondary N) is 3. The van der Waals surface area contributed by atoms with Crippen molar-refractivity contribution in [1.29, 1.82) is 0 Å². The Hall–Kier alpha value is -4.32. The molecule has 0 bridgehead atoms. The first-order chi connectivity index (χ1) is 18.7. The van der Waals surface area contributed by atoms with E-state index >= 15 is 0 Å². The molecule has 0 unspecified atom stereocenters. The van der Waals surface area contributed by atoms with Crippen LogP contribution in [0.1, 0.15) is 21.6 Å². The number of aromatic nitrogens is 1. The molecule has 204 valence electrons. The fourth-order valence-electron chi connectivity index (χ4n) is 4.80. The monoisotopic (exact) mass is 540 g/mol. The summed E-state index contributed by atoms with van der Waals surface area (Å²) in [4.78, 5) is 32.4. The first kappa shape index (κ1) is 26.3. The molecule has 2 aromatic carbocycles. The van der Waals surface area contributed by atoms with Crippen LogP contribution in [-0.4, -0.2) is 56.8 Å². The van der Waals surface area contributed by atoms with Crippen LogP contribution in [0.25, 0.3) is 0 Å². The summed E-state index contributed by atoms with van der Waals surface area (Å²) in [6.45, 7) is 2.12. The molecule has 0 spiro atoms. The SMILES string of the molecule is CNC(=O)c1cc(N2CCc3cc(NC(=O)Nc4ccc(N5CCOCC5)c(C(F)(F)F)c4)ccc32)ccn1. The number of ether oxygens (including phenoxy) is 1. The highest BCUT2D eigenvalue weighted by Crippen LogP contribution is 2.39. The summed E-state index contributed by atoms with van der Waals surface area (Å²) in [5.74, 6) is -0.278. The molecular weight excluding hydrogens is 513 g/mol. The van der Waals surface area contributed by atoms with Crippen molar-refractivity contribution in [2.45, 2.75) is 12.6 Å². The summed E-state index contributed by atoms with van der Waals surface area (Å²) in [6.07, 6.45) is -2.29. The molecule has 0 radical (unpaired) electrons. The molecule has 5 rings (SSSR count). The van der Waals surface area contributed by atoms with E-state index in [1.165, 1.54) is 12.1 Å². The average Bonchev–Trinajstić information content (AvgIpc) is 3.36. The second kappa shape index (κ2) is 10.8. The Morgan fingerprint density at radius 2 is 1.62 bits per heavy atom. The number of amides is 3. The van der Waals surface area contributed by atoms with Crippen molar-refractivity contribution in [3.63, 3.8) is 0 Å². The first-order valence-electron chi connectivity index (χ1n) is 12.4. The third kappa shape index (κ3) is 5.75. The van der Waals surface area contributed by atoms with Gasteiger partial charge in [0.15, 0.2) is 0 Å². The van der Waals surface area contributed by atoms with Crippen LogP contribution in [-0.2, 0) is 17.3 Å². The van der Waals surface area contributed by atoms with Crippen LogP contribution in [0.15, 0.2) is 54.7 Å². The highest BCUT2D eigenvalue weighted by atomic mass is 19.4. The van der Waals surface area contributed by atoms with Gasteiger partial charge in [0.2, 0.25) is 0 Å². The lowest BCUT2D eigenvalue weighted by atomic mass is 10.1. The van der Waals surface area contributed by atoms with Gasteiger partial charge in [-0.05, 0) is 60.5 Å². The summed E-state index contributed by atoms with van der Waals surface area (Å²) in [5.41, 5.74) is 2.85. The van der Waals surface area contributed by atoms with E-state index < -0.39 is 17.8 Å². The van der Waals surface area contributed by atoms with Crippen LogP contribution in [0.5, 0.6) is 0 Å². The molecule has 3 amide bonds. The topological polar surface area (TPSA) is 98.8 Å². The Labute approximate surface area is 223 Å². The number of anilines is 5. The summed E-state index contributed by atoms with van der Waals surface area (Å²) in [7, 11) is 1.54. The number of hydrogen-bond donors (Lipinski definition) is 3. The van der Waals surface area contributed by atoms with E-state index in [0.717, 1.165) is 23.0 Å². The predicted octanol–water partition coefficient (Wildman–Crippen LogP) is 4.63. The number of halogens is 3. The summed E-state index contributed by atoms with van der Waals surface area (Å²) in [6, 6.07) is 12.1. The maximum atomic E-state index is 13.8. The van der Waals surface area contributed by atoms with E-state index in [2.05, 4.69) is 25.8 Å². The number of benzene rings is 2. The van der Waals surface area contributed by atoms with Crippen molar-refractivity contribution < 1.29 is 27.5 Å². The molecule has 9 nitrogen and oxygen atoms in total.